The lowest BCUT2D eigenvalue weighted by molar-refractivity contribution is 0.708. The highest BCUT2D eigenvalue weighted by Crippen LogP contribution is 2.30. The molecule has 0 N–H and O–H groups in total. The number of hydrogen-bond donors (Lipinski definition) is 0. The molecule has 5 rings (SSSR count). The Kier molecular flexibility index (Phi) is 4.92. The normalized spacial score (nSPS) is 11.2. The second kappa shape index (κ2) is 7.89. The van der Waals surface area contributed by atoms with Gasteiger partial charge in [-0.1, -0.05) is 90.5 Å². The van der Waals surface area contributed by atoms with E-state index in [0.29, 0.717) is 23.2 Å². The van der Waals surface area contributed by atoms with Crippen LogP contribution in [0.15, 0.2) is 95.8 Å². The highest BCUT2D eigenvalue weighted by Gasteiger charge is 2.19. The smallest absolute Gasteiger partial charge is 0.294 e. The summed E-state index contributed by atoms with van der Waals surface area (Å²) in [5.41, 5.74) is 4.32. The van der Waals surface area contributed by atoms with Crippen molar-refractivity contribution in [2.24, 2.45) is 0 Å². The number of hydrogen-bond acceptors (Lipinski definition) is 2. The van der Waals surface area contributed by atoms with Crippen molar-refractivity contribution in [1.29, 1.82) is 0 Å². The van der Waals surface area contributed by atoms with Crippen LogP contribution in [0.2, 0.25) is 5.15 Å². The van der Waals surface area contributed by atoms with Gasteiger partial charge in [-0.15, -0.1) is 0 Å². The van der Waals surface area contributed by atoms with E-state index in [2.05, 4.69) is 11.1 Å². The molecule has 0 unspecified atom stereocenters. The fourth-order valence-corrected chi connectivity index (χ4v) is 4.09. The lowest BCUT2D eigenvalue weighted by atomic mass is 10.1. The molecule has 0 atom stereocenters. The second-order valence-electron chi connectivity index (χ2n) is 7.48. The molecule has 0 radical (unpaired) electrons. The molecule has 3 aromatic carbocycles. The molecule has 2 heterocycles. The Labute approximate surface area is 185 Å². The summed E-state index contributed by atoms with van der Waals surface area (Å²) in [5, 5.41) is 1.36. The minimum absolute atomic E-state index is 0.177. The van der Waals surface area contributed by atoms with Crippen LogP contribution < -0.4 is 5.56 Å². The van der Waals surface area contributed by atoms with Gasteiger partial charge in [0.25, 0.3) is 5.56 Å². The minimum atomic E-state index is -0.177. The van der Waals surface area contributed by atoms with Gasteiger partial charge in [0.1, 0.15) is 0 Å². The van der Waals surface area contributed by atoms with E-state index < -0.39 is 0 Å². The molecule has 0 fully saturated rings. The summed E-state index contributed by atoms with van der Waals surface area (Å²) in [6, 6.07) is 30.0. The van der Waals surface area contributed by atoms with E-state index in [1.54, 1.807) is 4.57 Å². The average molecular weight is 426 g/mol. The molecule has 0 saturated heterocycles. The fourth-order valence-electron chi connectivity index (χ4n) is 3.91. The number of rotatable bonds is 4. The largest absolute Gasteiger partial charge is 0.302 e. The summed E-state index contributed by atoms with van der Waals surface area (Å²) in [7, 11) is 0. The van der Waals surface area contributed by atoms with Gasteiger partial charge in [-0.2, -0.15) is 0 Å². The molecular weight excluding hydrogens is 406 g/mol. The molecule has 0 aliphatic heterocycles. The van der Waals surface area contributed by atoms with Crippen molar-refractivity contribution >= 4 is 22.5 Å². The van der Waals surface area contributed by atoms with Gasteiger partial charge in [-0.3, -0.25) is 9.36 Å². The zero-order valence-corrected chi connectivity index (χ0v) is 17.8. The number of halogens is 1. The van der Waals surface area contributed by atoms with Crippen molar-refractivity contribution < 1.29 is 0 Å². The van der Waals surface area contributed by atoms with Crippen LogP contribution in [0.1, 0.15) is 11.3 Å². The van der Waals surface area contributed by atoms with Crippen molar-refractivity contribution in [1.82, 2.24) is 14.1 Å². The van der Waals surface area contributed by atoms with Gasteiger partial charge in [0.05, 0.1) is 23.4 Å². The van der Waals surface area contributed by atoms with Gasteiger partial charge < -0.3 is 4.57 Å². The molecule has 0 bridgehead atoms. The summed E-state index contributed by atoms with van der Waals surface area (Å²) in [6.45, 7) is 2.26. The van der Waals surface area contributed by atoms with Gasteiger partial charge in [0.2, 0.25) is 5.82 Å². The fraction of sp³-hybridized carbons (Fsp3) is 0.0769. The highest BCUT2D eigenvalue weighted by molar-refractivity contribution is 6.30. The summed E-state index contributed by atoms with van der Waals surface area (Å²) in [6.07, 6.45) is 0. The Hall–Kier alpha value is -3.63. The molecule has 4 nitrogen and oxygen atoms in total. The highest BCUT2D eigenvalue weighted by atomic mass is 35.5. The molecule has 0 aliphatic rings. The van der Waals surface area contributed by atoms with Crippen LogP contribution in [0.5, 0.6) is 0 Å². The lowest BCUT2D eigenvalue weighted by Gasteiger charge is -2.16. The maximum absolute atomic E-state index is 13.7. The third kappa shape index (κ3) is 3.45. The van der Waals surface area contributed by atoms with Gasteiger partial charge in [-0.25, -0.2) is 4.98 Å². The Balaban J connectivity index is 1.79. The number of nitrogens with zero attached hydrogens (tertiary/aromatic N) is 3. The Morgan fingerprint density at radius 2 is 1.52 bits per heavy atom. The number of aromatic nitrogens is 3. The van der Waals surface area contributed by atoms with Gasteiger partial charge in [0.15, 0.2) is 5.15 Å². The number of fused-ring (bicyclic) bond motifs is 1. The first kappa shape index (κ1) is 19.3. The predicted molar refractivity (Wildman–Crippen MR) is 126 cm³/mol. The second-order valence-corrected chi connectivity index (χ2v) is 7.84. The third-order valence-electron chi connectivity index (χ3n) is 5.52. The summed E-state index contributed by atoms with van der Waals surface area (Å²) in [4.78, 5) is 18.2. The van der Waals surface area contributed by atoms with Crippen molar-refractivity contribution in [3.05, 3.63) is 118 Å². The van der Waals surface area contributed by atoms with E-state index in [1.165, 1.54) is 0 Å². The van der Waals surface area contributed by atoms with Crippen molar-refractivity contribution in [3.8, 4) is 17.1 Å². The van der Waals surface area contributed by atoms with Gasteiger partial charge in [-0.05, 0) is 30.2 Å². The van der Waals surface area contributed by atoms with Crippen molar-refractivity contribution in [3.63, 3.8) is 0 Å². The van der Waals surface area contributed by atoms with Crippen LogP contribution in [0, 0.1) is 6.92 Å². The molecule has 0 spiro atoms. The molecular formula is C26H20ClN3O. The number of benzene rings is 3. The molecule has 5 aromatic rings. The lowest BCUT2D eigenvalue weighted by Crippen LogP contribution is -2.29. The first-order chi connectivity index (χ1) is 15.1. The van der Waals surface area contributed by atoms with Crippen LogP contribution in [0.4, 0.5) is 0 Å². The van der Waals surface area contributed by atoms with Gasteiger partial charge >= 0.3 is 0 Å². The van der Waals surface area contributed by atoms with E-state index in [0.717, 1.165) is 27.7 Å². The summed E-state index contributed by atoms with van der Waals surface area (Å²) < 4.78 is 3.61. The van der Waals surface area contributed by atoms with E-state index in [9.17, 15) is 4.79 Å². The molecule has 152 valence electrons. The molecule has 0 aliphatic carbocycles. The third-order valence-corrected chi connectivity index (χ3v) is 5.88. The maximum atomic E-state index is 13.7. The monoisotopic (exact) mass is 425 g/mol. The van der Waals surface area contributed by atoms with Crippen molar-refractivity contribution in [2.45, 2.75) is 13.5 Å². The quantitative estimate of drug-likeness (QED) is 0.361. The summed E-state index contributed by atoms with van der Waals surface area (Å²) in [5.74, 6) is 0.298. The van der Waals surface area contributed by atoms with E-state index in [4.69, 9.17) is 11.6 Å². The zero-order valence-electron chi connectivity index (χ0n) is 17.0. The predicted octanol–water partition coefficient (Wildman–Crippen LogP) is 5.86. The van der Waals surface area contributed by atoms with E-state index >= 15 is 0 Å². The molecule has 31 heavy (non-hydrogen) atoms. The van der Waals surface area contributed by atoms with E-state index in [1.807, 2.05) is 96.4 Å². The average Bonchev–Trinajstić information content (AvgIpc) is 3.20. The van der Waals surface area contributed by atoms with Crippen LogP contribution in [0.25, 0.3) is 28.0 Å². The van der Waals surface area contributed by atoms with Crippen molar-refractivity contribution in [2.75, 3.05) is 0 Å². The molecule has 0 amide bonds. The maximum Gasteiger partial charge on any atom is 0.294 e. The Bertz CT molecular complexity index is 1440. The van der Waals surface area contributed by atoms with Crippen LogP contribution >= 0.6 is 11.6 Å². The SMILES string of the molecule is Cc1c(Cl)nc(-n2c(-c3ccccc3)cc3ccccc32)c(=O)n1Cc1ccccc1. The minimum Gasteiger partial charge on any atom is -0.302 e. The summed E-state index contributed by atoms with van der Waals surface area (Å²) >= 11 is 6.54. The van der Waals surface area contributed by atoms with Crippen LogP contribution in [-0.2, 0) is 6.54 Å². The topological polar surface area (TPSA) is 39.8 Å². The van der Waals surface area contributed by atoms with Crippen LogP contribution in [0.3, 0.4) is 0 Å². The molecule has 5 heteroatoms. The Morgan fingerprint density at radius 3 is 2.26 bits per heavy atom. The first-order valence-electron chi connectivity index (χ1n) is 10.1. The number of para-hydroxylation sites is 1. The first-order valence-corrected chi connectivity index (χ1v) is 10.5. The molecule has 2 aromatic heterocycles. The van der Waals surface area contributed by atoms with Crippen LogP contribution in [-0.4, -0.2) is 14.1 Å². The zero-order chi connectivity index (χ0) is 21.4. The Morgan fingerprint density at radius 1 is 0.871 bits per heavy atom. The van der Waals surface area contributed by atoms with E-state index in [-0.39, 0.29) is 5.56 Å². The standard InChI is InChI=1S/C26H20ClN3O/c1-18-24(27)28-25(26(31)29(18)17-19-10-4-2-5-11-19)30-22-15-9-8-14-21(22)16-23(30)20-12-6-3-7-13-20/h2-16H,17H2,1H3. The molecule has 0 saturated carbocycles. The van der Waals surface area contributed by atoms with Gasteiger partial charge in [0, 0.05) is 5.39 Å².